The maximum Gasteiger partial charge on any atom is 0.257 e. The zero-order chi connectivity index (χ0) is 19.6. The molecule has 4 rings (SSSR count). The number of aromatic nitrogens is 2. The maximum atomic E-state index is 12.0. The normalized spacial score (nSPS) is 15.8. The van der Waals surface area contributed by atoms with Crippen molar-refractivity contribution >= 4 is 10.9 Å². The molecule has 0 unspecified atom stereocenters. The van der Waals surface area contributed by atoms with E-state index >= 15 is 0 Å². The van der Waals surface area contributed by atoms with Crippen LogP contribution in [0.5, 0.6) is 5.75 Å². The molecular formula is C23H28N3O2. The van der Waals surface area contributed by atoms with Gasteiger partial charge >= 0.3 is 0 Å². The Hall–Kier alpha value is -2.53. The van der Waals surface area contributed by atoms with Gasteiger partial charge in [0.2, 0.25) is 0 Å². The molecule has 0 spiro atoms. The summed E-state index contributed by atoms with van der Waals surface area (Å²) in [6, 6.07) is 12.6. The number of aromatic amines is 2. The summed E-state index contributed by atoms with van der Waals surface area (Å²) in [6.07, 6.45) is 5.50. The van der Waals surface area contributed by atoms with E-state index in [-0.39, 0.29) is 11.0 Å². The van der Waals surface area contributed by atoms with Gasteiger partial charge in [0.25, 0.3) is 5.56 Å². The highest BCUT2D eigenvalue weighted by molar-refractivity contribution is 5.86. The zero-order valence-corrected chi connectivity index (χ0v) is 16.7. The van der Waals surface area contributed by atoms with Gasteiger partial charge in [-0.05, 0) is 56.3 Å². The number of piperidine rings is 1. The SMILES string of the molecule is CC(C)(COc1ccc2[nH]c(-c3c[c]c[nH]c3=O)cc2c1)CN1CCCCC1. The van der Waals surface area contributed by atoms with Crippen LogP contribution in [0.4, 0.5) is 0 Å². The molecule has 147 valence electrons. The summed E-state index contributed by atoms with van der Waals surface area (Å²) in [5.74, 6) is 0.860. The van der Waals surface area contributed by atoms with Crippen molar-refractivity contribution in [1.29, 1.82) is 0 Å². The lowest BCUT2D eigenvalue weighted by molar-refractivity contribution is 0.103. The summed E-state index contributed by atoms with van der Waals surface area (Å²) in [4.78, 5) is 20.5. The first-order valence-electron chi connectivity index (χ1n) is 10.1. The Bertz CT molecular complexity index is 996. The van der Waals surface area contributed by atoms with Crippen molar-refractivity contribution in [3.63, 3.8) is 0 Å². The van der Waals surface area contributed by atoms with Gasteiger partial charge in [-0.25, -0.2) is 0 Å². The second-order valence-corrected chi connectivity index (χ2v) is 8.56. The Morgan fingerprint density at radius 3 is 2.79 bits per heavy atom. The van der Waals surface area contributed by atoms with Gasteiger partial charge in [-0.2, -0.15) is 0 Å². The molecule has 3 aromatic rings. The molecule has 5 heteroatoms. The molecule has 1 fully saturated rings. The summed E-state index contributed by atoms with van der Waals surface area (Å²) < 4.78 is 6.14. The van der Waals surface area contributed by atoms with Gasteiger partial charge in [-0.1, -0.05) is 20.3 Å². The van der Waals surface area contributed by atoms with Crippen LogP contribution >= 0.6 is 0 Å². The van der Waals surface area contributed by atoms with Gasteiger partial charge in [0.1, 0.15) is 5.75 Å². The summed E-state index contributed by atoms with van der Waals surface area (Å²) in [5, 5.41) is 1.03. The number of benzene rings is 1. The van der Waals surface area contributed by atoms with Gasteiger partial charge in [0.15, 0.2) is 0 Å². The van der Waals surface area contributed by atoms with Crippen LogP contribution in [0, 0.1) is 11.5 Å². The molecule has 1 aromatic carbocycles. The third-order valence-electron chi connectivity index (χ3n) is 5.37. The summed E-state index contributed by atoms with van der Waals surface area (Å²) in [7, 11) is 0. The molecule has 1 aliphatic heterocycles. The highest BCUT2D eigenvalue weighted by Gasteiger charge is 2.24. The van der Waals surface area contributed by atoms with Crippen LogP contribution in [0.2, 0.25) is 0 Å². The van der Waals surface area contributed by atoms with E-state index in [1.807, 2.05) is 24.3 Å². The molecule has 28 heavy (non-hydrogen) atoms. The number of likely N-dealkylation sites (tertiary alicyclic amines) is 1. The lowest BCUT2D eigenvalue weighted by atomic mass is 9.93. The van der Waals surface area contributed by atoms with Gasteiger partial charge in [0, 0.05) is 35.1 Å². The first kappa shape index (κ1) is 18.8. The van der Waals surface area contributed by atoms with Crippen LogP contribution in [0.3, 0.4) is 0 Å². The van der Waals surface area contributed by atoms with Crippen molar-refractivity contribution in [2.24, 2.45) is 5.41 Å². The van der Waals surface area contributed by atoms with Crippen molar-refractivity contribution in [2.75, 3.05) is 26.2 Å². The molecule has 2 aromatic heterocycles. The van der Waals surface area contributed by atoms with Crippen molar-refractivity contribution < 1.29 is 4.74 Å². The summed E-state index contributed by atoms with van der Waals surface area (Å²) in [6.45, 7) is 8.70. The number of H-pyrrole nitrogens is 2. The topological polar surface area (TPSA) is 61.1 Å². The lowest BCUT2D eigenvalue weighted by Crippen LogP contribution is -2.40. The molecule has 0 saturated carbocycles. The molecule has 1 saturated heterocycles. The molecule has 3 heterocycles. The molecule has 2 N–H and O–H groups in total. The van der Waals surface area contributed by atoms with E-state index in [9.17, 15) is 4.79 Å². The predicted octanol–water partition coefficient (Wildman–Crippen LogP) is 4.21. The number of pyridine rings is 1. The second-order valence-electron chi connectivity index (χ2n) is 8.56. The Balaban J connectivity index is 1.46. The molecule has 0 amide bonds. The Morgan fingerprint density at radius 1 is 1.18 bits per heavy atom. The molecule has 5 nitrogen and oxygen atoms in total. The van der Waals surface area contributed by atoms with Crippen molar-refractivity contribution in [3.05, 3.63) is 52.9 Å². The van der Waals surface area contributed by atoms with Crippen LogP contribution < -0.4 is 10.3 Å². The Morgan fingerprint density at radius 2 is 2.00 bits per heavy atom. The highest BCUT2D eigenvalue weighted by atomic mass is 16.5. The average Bonchev–Trinajstić information content (AvgIpc) is 3.10. The van der Waals surface area contributed by atoms with E-state index in [2.05, 4.69) is 34.8 Å². The molecule has 1 radical (unpaired) electrons. The number of ether oxygens (including phenoxy) is 1. The zero-order valence-electron chi connectivity index (χ0n) is 16.7. The Kier molecular flexibility index (Phi) is 5.27. The van der Waals surface area contributed by atoms with E-state index in [1.165, 1.54) is 38.5 Å². The number of fused-ring (bicyclic) bond motifs is 1. The fraction of sp³-hybridized carbons (Fsp3) is 0.435. The molecule has 0 bridgehead atoms. The predicted molar refractivity (Wildman–Crippen MR) is 113 cm³/mol. The van der Waals surface area contributed by atoms with Crippen LogP contribution in [-0.4, -0.2) is 41.1 Å². The standard InChI is InChI=1S/C23H28N3O2/c1-23(2,15-26-11-4-3-5-12-26)16-28-18-8-9-20-17(13-18)14-21(25-20)19-7-6-10-24-22(19)27/h7-10,13-14,25H,3-5,11-12,15-16H2,1-2H3,(H,24,27). The van der Waals surface area contributed by atoms with E-state index in [4.69, 9.17) is 4.74 Å². The maximum absolute atomic E-state index is 12.0. The van der Waals surface area contributed by atoms with Gasteiger partial charge < -0.3 is 19.6 Å². The minimum absolute atomic E-state index is 0.1000. The molecule has 0 aliphatic carbocycles. The first-order chi connectivity index (χ1) is 13.5. The number of nitrogens with zero attached hydrogens (tertiary/aromatic N) is 1. The van der Waals surface area contributed by atoms with Crippen molar-refractivity contribution in [2.45, 2.75) is 33.1 Å². The largest absolute Gasteiger partial charge is 0.493 e. The van der Waals surface area contributed by atoms with E-state index in [0.29, 0.717) is 12.2 Å². The number of rotatable bonds is 6. The molecular weight excluding hydrogens is 350 g/mol. The fourth-order valence-corrected chi connectivity index (χ4v) is 3.97. The van der Waals surface area contributed by atoms with Crippen LogP contribution in [0.15, 0.2) is 41.3 Å². The quantitative estimate of drug-likeness (QED) is 0.675. The Labute approximate surface area is 165 Å². The average molecular weight is 378 g/mol. The second kappa shape index (κ2) is 7.84. The lowest BCUT2D eigenvalue weighted by Gasteiger charge is -2.34. The fourth-order valence-electron chi connectivity index (χ4n) is 3.97. The van der Waals surface area contributed by atoms with Gasteiger partial charge in [0.05, 0.1) is 17.9 Å². The number of hydrogen-bond donors (Lipinski definition) is 2. The van der Waals surface area contributed by atoms with Crippen LogP contribution in [0.1, 0.15) is 33.1 Å². The van der Waals surface area contributed by atoms with Crippen molar-refractivity contribution in [1.82, 2.24) is 14.9 Å². The van der Waals surface area contributed by atoms with Crippen LogP contribution in [-0.2, 0) is 0 Å². The number of nitrogens with one attached hydrogen (secondary N) is 2. The van der Waals surface area contributed by atoms with Crippen LogP contribution in [0.25, 0.3) is 22.2 Å². The third-order valence-corrected chi connectivity index (χ3v) is 5.37. The summed E-state index contributed by atoms with van der Waals surface area (Å²) >= 11 is 0. The van der Waals surface area contributed by atoms with Crippen molar-refractivity contribution in [3.8, 4) is 17.0 Å². The van der Waals surface area contributed by atoms with E-state index < -0.39 is 0 Å². The monoisotopic (exact) mass is 378 g/mol. The van der Waals surface area contributed by atoms with E-state index in [1.54, 1.807) is 6.07 Å². The minimum Gasteiger partial charge on any atom is -0.493 e. The van der Waals surface area contributed by atoms with Gasteiger partial charge in [-0.15, -0.1) is 0 Å². The summed E-state index contributed by atoms with van der Waals surface area (Å²) in [5.41, 5.74) is 2.34. The first-order valence-corrected chi connectivity index (χ1v) is 10.1. The van der Waals surface area contributed by atoms with Gasteiger partial charge in [-0.3, -0.25) is 4.79 Å². The number of hydrogen-bond acceptors (Lipinski definition) is 3. The molecule has 1 aliphatic rings. The van der Waals surface area contributed by atoms with E-state index in [0.717, 1.165) is 28.9 Å². The minimum atomic E-state index is -0.124. The highest BCUT2D eigenvalue weighted by Crippen LogP contribution is 2.27. The molecule has 0 atom stereocenters. The third kappa shape index (κ3) is 4.30. The smallest absolute Gasteiger partial charge is 0.257 e.